The molecule has 0 aliphatic carbocycles. The second-order valence-corrected chi connectivity index (χ2v) is 13.3. The molecular formula is C33H34ClN3O5S. The highest BCUT2D eigenvalue weighted by Gasteiger charge is 2.28. The Bertz CT molecular complexity index is 1730. The molecule has 0 heterocycles. The number of aryl methyl sites for hydroxylation is 1. The lowest BCUT2D eigenvalue weighted by Crippen LogP contribution is -2.38. The van der Waals surface area contributed by atoms with Crippen LogP contribution in [0.4, 0.5) is 17.1 Å². The molecule has 4 aromatic rings. The molecule has 0 aliphatic heterocycles. The number of hydrogen-bond donors (Lipinski definition) is 2. The van der Waals surface area contributed by atoms with E-state index in [2.05, 4.69) is 31.4 Å². The van der Waals surface area contributed by atoms with Crippen LogP contribution in [0.15, 0.2) is 95.9 Å². The van der Waals surface area contributed by atoms with E-state index in [-0.39, 0.29) is 26.9 Å². The van der Waals surface area contributed by atoms with E-state index in [4.69, 9.17) is 16.3 Å². The highest BCUT2D eigenvalue weighted by molar-refractivity contribution is 7.92. The summed E-state index contributed by atoms with van der Waals surface area (Å²) in [6.45, 7) is 7.63. The van der Waals surface area contributed by atoms with Gasteiger partial charge in [0, 0.05) is 16.9 Å². The number of sulfonamides is 1. The van der Waals surface area contributed by atoms with Crippen molar-refractivity contribution < 1.29 is 22.7 Å². The standard InChI is InChI=1S/C33H34ClN3O5S/c1-22-9-16-28(17-10-22)43(40,41)37(27-15-18-30(42-5)29(34)20-27)21-31(38)35-25-7-6-8-26(19-25)36-32(39)23-11-13-24(14-12-23)33(2,3)4/h6-20H,21H2,1-5H3,(H,35,38)(H,36,39). The van der Waals surface area contributed by atoms with Gasteiger partial charge in [-0.2, -0.15) is 0 Å². The van der Waals surface area contributed by atoms with Crippen molar-refractivity contribution in [2.24, 2.45) is 0 Å². The molecular weight excluding hydrogens is 586 g/mol. The first-order valence-electron chi connectivity index (χ1n) is 13.5. The number of nitrogens with zero attached hydrogens (tertiary/aromatic N) is 1. The van der Waals surface area contributed by atoms with Gasteiger partial charge < -0.3 is 15.4 Å². The molecule has 8 nitrogen and oxygen atoms in total. The first-order valence-corrected chi connectivity index (χ1v) is 15.3. The monoisotopic (exact) mass is 619 g/mol. The van der Waals surface area contributed by atoms with Crippen LogP contribution in [0.1, 0.15) is 42.3 Å². The minimum atomic E-state index is -4.15. The summed E-state index contributed by atoms with van der Waals surface area (Å²) in [7, 11) is -2.69. The number of carbonyl (C=O) groups excluding carboxylic acids is 2. The van der Waals surface area contributed by atoms with Gasteiger partial charge in [0.1, 0.15) is 12.3 Å². The highest BCUT2D eigenvalue weighted by atomic mass is 35.5. The van der Waals surface area contributed by atoms with E-state index in [1.54, 1.807) is 48.5 Å². The van der Waals surface area contributed by atoms with Gasteiger partial charge in [-0.15, -0.1) is 0 Å². The molecule has 4 rings (SSSR count). The maximum atomic E-state index is 13.7. The van der Waals surface area contributed by atoms with Gasteiger partial charge in [0.05, 0.1) is 22.7 Å². The van der Waals surface area contributed by atoms with E-state index in [0.29, 0.717) is 22.7 Å². The fraction of sp³-hybridized carbons (Fsp3) is 0.212. The van der Waals surface area contributed by atoms with Crippen LogP contribution in [0.25, 0.3) is 0 Å². The van der Waals surface area contributed by atoms with Crippen molar-refractivity contribution in [1.29, 1.82) is 0 Å². The van der Waals surface area contributed by atoms with Crippen molar-refractivity contribution >= 4 is 50.5 Å². The number of halogens is 1. The maximum Gasteiger partial charge on any atom is 0.264 e. The molecule has 0 radical (unpaired) electrons. The second-order valence-electron chi connectivity index (χ2n) is 11.1. The van der Waals surface area contributed by atoms with Crippen molar-refractivity contribution in [2.45, 2.75) is 38.0 Å². The summed E-state index contributed by atoms with van der Waals surface area (Å²) in [5, 5.41) is 5.77. The Morgan fingerprint density at radius 3 is 2.07 bits per heavy atom. The number of carbonyl (C=O) groups is 2. The van der Waals surface area contributed by atoms with Gasteiger partial charge >= 0.3 is 0 Å². The summed E-state index contributed by atoms with van der Waals surface area (Å²) in [6, 6.07) is 24.9. The van der Waals surface area contributed by atoms with E-state index in [9.17, 15) is 18.0 Å². The minimum absolute atomic E-state index is 0.0260. The second kappa shape index (κ2) is 12.9. The van der Waals surface area contributed by atoms with E-state index in [0.717, 1.165) is 15.4 Å². The van der Waals surface area contributed by atoms with Crippen LogP contribution in [0.5, 0.6) is 5.75 Å². The van der Waals surface area contributed by atoms with Crippen molar-refractivity contribution in [3.05, 3.63) is 113 Å². The molecule has 4 aromatic carbocycles. The predicted molar refractivity (Wildman–Crippen MR) is 172 cm³/mol. The Morgan fingerprint density at radius 1 is 0.860 bits per heavy atom. The van der Waals surface area contributed by atoms with Crippen molar-refractivity contribution in [3.8, 4) is 5.75 Å². The molecule has 0 aromatic heterocycles. The quantitative estimate of drug-likeness (QED) is 0.209. The molecule has 0 bridgehead atoms. The minimum Gasteiger partial charge on any atom is -0.495 e. The van der Waals surface area contributed by atoms with Gasteiger partial charge in [0.25, 0.3) is 15.9 Å². The van der Waals surface area contributed by atoms with Crippen LogP contribution >= 0.6 is 11.6 Å². The molecule has 0 unspecified atom stereocenters. The zero-order valence-electron chi connectivity index (χ0n) is 24.6. The average molecular weight is 620 g/mol. The van der Waals surface area contributed by atoms with Gasteiger partial charge in [-0.1, -0.05) is 68.3 Å². The molecule has 0 aliphatic rings. The third-order valence-corrected chi connectivity index (χ3v) is 8.82. The lowest BCUT2D eigenvalue weighted by Gasteiger charge is -2.24. The zero-order chi connectivity index (χ0) is 31.4. The SMILES string of the molecule is COc1ccc(N(CC(=O)Nc2cccc(NC(=O)c3ccc(C(C)(C)C)cc3)c2)S(=O)(=O)c2ccc(C)cc2)cc1Cl. The van der Waals surface area contributed by atoms with E-state index < -0.39 is 22.5 Å². The molecule has 0 spiro atoms. The smallest absolute Gasteiger partial charge is 0.264 e. The molecule has 0 fully saturated rings. The Balaban J connectivity index is 1.54. The molecule has 43 heavy (non-hydrogen) atoms. The normalized spacial score (nSPS) is 11.5. The third kappa shape index (κ3) is 7.74. The van der Waals surface area contributed by atoms with Crippen LogP contribution in [-0.4, -0.2) is 33.9 Å². The van der Waals surface area contributed by atoms with Gasteiger partial charge in [0.2, 0.25) is 5.91 Å². The lowest BCUT2D eigenvalue weighted by atomic mass is 9.87. The van der Waals surface area contributed by atoms with E-state index >= 15 is 0 Å². The number of nitrogens with one attached hydrogen (secondary N) is 2. The van der Waals surface area contributed by atoms with Crippen molar-refractivity contribution in [2.75, 3.05) is 28.6 Å². The molecule has 2 N–H and O–H groups in total. The van der Waals surface area contributed by atoms with Crippen LogP contribution in [-0.2, 0) is 20.2 Å². The van der Waals surface area contributed by atoms with Crippen LogP contribution in [0, 0.1) is 6.92 Å². The van der Waals surface area contributed by atoms with Gasteiger partial charge in [-0.25, -0.2) is 8.42 Å². The summed E-state index contributed by atoms with van der Waals surface area (Å²) in [6.07, 6.45) is 0. The van der Waals surface area contributed by atoms with E-state index in [1.165, 1.54) is 37.4 Å². The van der Waals surface area contributed by atoms with E-state index in [1.807, 2.05) is 19.1 Å². The highest BCUT2D eigenvalue weighted by Crippen LogP contribution is 2.32. The van der Waals surface area contributed by atoms with Crippen molar-refractivity contribution in [1.82, 2.24) is 0 Å². The number of benzene rings is 4. The fourth-order valence-electron chi connectivity index (χ4n) is 4.29. The molecule has 0 saturated heterocycles. The largest absolute Gasteiger partial charge is 0.495 e. The number of ether oxygens (including phenoxy) is 1. The number of amides is 2. The number of hydrogen-bond acceptors (Lipinski definition) is 5. The molecule has 224 valence electrons. The average Bonchev–Trinajstić information content (AvgIpc) is 2.96. The molecule has 10 heteroatoms. The Kier molecular flexibility index (Phi) is 9.47. The third-order valence-electron chi connectivity index (χ3n) is 6.74. The van der Waals surface area contributed by atoms with Crippen molar-refractivity contribution in [3.63, 3.8) is 0 Å². The lowest BCUT2D eigenvalue weighted by molar-refractivity contribution is -0.114. The first-order chi connectivity index (χ1) is 20.3. The van der Waals surface area contributed by atoms with Gasteiger partial charge in [-0.05, 0) is 78.6 Å². The number of anilines is 3. The summed E-state index contributed by atoms with van der Waals surface area (Å²) >= 11 is 6.31. The molecule has 0 atom stereocenters. The zero-order valence-corrected chi connectivity index (χ0v) is 26.2. The maximum absolute atomic E-state index is 13.7. The Morgan fingerprint density at radius 2 is 1.49 bits per heavy atom. The summed E-state index contributed by atoms with van der Waals surface area (Å²) in [4.78, 5) is 26.1. The van der Waals surface area contributed by atoms with Crippen LogP contribution in [0.2, 0.25) is 5.02 Å². The summed E-state index contributed by atoms with van der Waals surface area (Å²) < 4.78 is 33.6. The van der Waals surface area contributed by atoms with Crippen LogP contribution < -0.4 is 19.7 Å². The predicted octanol–water partition coefficient (Wildman–Crippen LogP) is 7.04. The number of methoxy groups -OCH3 is 1. The topological polar surface area (TPSA) is 105 Å². The van der Waals surface area contributed by atoms with Gasteiger partial charge in [0.15, 0.2) is 0 Å². The van der Waals surface area contributed by atoms with Gasteiger partial charge in [-0.3, -0.25) is 13.9 Å². The summed E-state index contributed by atoms with van der Waals surface area (Å²) in [5.74, 6) is -0.522. The Labute approximate surface area is 257 Å². The first kappa shape index (κ1) is 31.6. The summed E-state index contributed by atoms with van der Waals surface area (Å²) in [5.41, 5.74) is 3.52. The number of rotatable bonds is 9. The Hall–Kier alpha value is -4.34. The molecule has 2 amide bonds. The fourth-order valence-corrected chi connectivity index (χ4v) is 5.96. The molecule has 0 saturated carbocycles. The van der Waals surface area contributed by atoms with Crippen LogP contribution in [0.3, 0.4) is 0 Å².